The summed E-state index contributed by atoms with van der Waals surface area (Å²) in [5.41, 5.74) is 0. The van der Waals surface area contributed by atoms with E-state index in [1.54, 1.807) is 23.5 Å². The number of aliphatic hydroxyl groups is 1. The van der Waals surface area contributed by atoms with Crippen molar-refractivity contribution in [2.45, 2.75) is 18.1 Å². The van der Waals surface area contributed by atoms with Crippen LogP contribution in [0, 0.1) is 6.42 Å². The molecule has 0 aromatic carbocycles. The van der Waals surface area contributed by atoms with Crippen molar-refractivity contribution in [3.63, 3.8) is 0 Å². The van der Waals surface area contributed by atoms with E-state index < -0.39 is 6.00 Å². The Bertz CT molecular complexity index is 272. The topological polar surface area (TPSA) is 60.2 Å². The minimum absolute atomic E-state index is 0. The standard InChI is InChI=1S/C7H9BN3O2.Y/c8-7-3-5(6(4-12)13-7)11-2-1-9-10-11;/h1-3,5-7,12H,4H2;/q-1;. The Kier molecular flexibility index (Phi) is 4.70. The second-order valence-corrected chi connectivity index (χ2v) is 2.89. The summed E-state index contributed by atoms with van der Waals surface area (Å²) in [6, 6.07) is -0.561. The SMILES string of the molecule is [B]C1[CH-]C(n2ccnn2)C(CO)O1.[Y]. The van der Waals surface area contributed by atoms with Crippen molar-refractivity contribution >= 4 is 7.85 Å². The predicted octanol–water partition coefficient (Wildman–Crippen LogP) is -1.09. The van der Waals surface area contributed by atoms with Gasteiger partial charge in [-0.05, 0) is 6.04 Å². The van der Waals surface area contributed by atoms with E-state index in [2.05, 4.69) is 10.3 Å². The van der Waals surface area contributed by atoms with Gasteiger partial charge in [-0.15, -0.1) is 5.10 Å². The third kappa shape index (κ3) is 2.42. The monoisotopic (exact) mass is 267 g/mol. The maximum atomic E-state index is 8.99. The van der Waals surface area contributed by atoms with Gasteiger partial charge in [0, 0.05) is 38.9 Å². The Morgan fingerprint density at radius 2 is 2.43 bits per heavy atom. The molecular weight excluding hydrogens is 258 g/mol. The van der Waals surface area contributed by atoms with Crippen LogP contribution in [0.2, 0.25) is 0 Å². The number of aromatic nitrogens is 3. The molecule has 1 fully saturated rings. The summed E-state index contributed by atoms with van der Waals surface area (Å²) in [7, 11) is 5.55. The van der Waals surface area contributed by atoms with Gasteiger partial charge in [0.25, 0.3) is 0 Å². The number of hydrogen-bond acceptors (Lipinski definition) is 4. The number of rotatable bonds is 2. The first-order chi connectivity index (χ1) is 6.31. The van der Waals surface area contributed by atoms with Crippen molar-refractivity contribution in [1.82, 2.24) is 15.0 Å². The number of ether oxygens (including phenoxy) is 1. The van der Waals surface area contributed by atoms with Gasteiger partial charge in [0.1, 0.15) is 0 Å². The summed E-state index contributed by atoms with van der Waals surface area (Å²) in [6.07, 6.45) is 4.75. The van der Waals surface area contributed by atoms with Gasteiger partial charge in [-0.25, -0.2) is 0 Å². The zero-order valence-corrected chi connectivity index (χ0v) is 10.4. The predicted molar refractivity (Wildman–Crippen MR) is 44.9 cm³/mol. The summed E-state index contributed by atoms with van der Waals surface area (Å²) in [6.45, 7) is -0.0747. The fourth-order valence-electron chi connectivity index (χ4n) is 1.43. The largest absolute Gasteiger partial charge is 0.413 e. The van der Waals surface area contributed by atoms with Gasteiger partial charge in [-0.2, -0.15) is 0 Å². The average Bonchev–Trinajstić information content (AvgIpc) is 2.71. The van der Waals surface area contributed by atoms with Crippen molar-refractivity contribution in [1.29, 1.82) is 0 Å². The summed E-state index contributed by atoms with van der Waals surface area (Å²) in [5, 5.41) is 16.5. The molecular formula is C7H9BN3O2Y-. The molecule has 3 radical (unpaired) electrons. The van der Waals surface area contributed by atoms with E-state index in [0.717, 1.165) is 0 Å². The smallest absolute Gasteiger partial charge is 0.0711 e. The van der Waals surface area contributed by atoms with Crippen molar-refractivity contribution in [2.24, 2.45) is 0 Å². The van der Waals surface area contributed by atoms with Crippen LogP contribution < -0.4 is 0 Å². The van der Waals surface area contributed by atoms with Gasteiger partial charge in [0.05, 0.1) is 26.8 Å². The van der Waals surface area contributed by atoms with Gasteiger partial charge in [0.15, 0.2) is 0 Å². The van der Waals surface area contributed by atoms with Crippen LogP contribution in [0.4, 0.5) is 0 Å². The Labute approximate surface area is 108 Å². The molecule has 5 nitrogen and oxygen atoms in total. The Hall–Kier alpha value is 0.229. The molecule has 0 saturated carbocycles. The second-order valence-electron chi connectivity index (χ2n) is 2.89. The molecule has 1 aromatic heterocycles. The molecule has 2 rings (SSSR count). The number of aliphatic hydroxyl groups excluding tert-OH is 1. The van der Waals surface area contributed by atoms with Crippen LogP contribution in [0.1, 0.15) is 6.04 Å². The van der Waals surface area contributed by atoms with E-state index in [0.29, 0.717) is 0 Å². The molecule has 2 heterocycles. The third-order valence-corrected chi connectivity index (χ3v) is 2.03. The maximum Gasteiger partial charge on any atom is 0.0711 e. The molecule has 3 unspecified atom stereocenters. The first kappa shape index (κ1) is 12.3. The van der Waals surface area contributed by atoms with E-state index in [-0.39, 0.29) is 51.5 Å². The van der Waals surface area contributed by atoms with Crippen molar-refractivity contribution in [2.75, 3.05) is 6.61 Å². The zero-order chi connectivity index (χ0) is 9.26. The molecule has 1 saturated heterocycles. The molecule has 0 bridgehead atoms. The molecule has 1 aliphatic heterocycles. The zero-order valence-electron chi connectivity index (χ0n) is 7.52. The second kappa shape index (κ2) is 5.35. The molecule has 1 N–H and O–H groups in total. The third-order valence-electron chi connectivity index (χ3n) is 2.03. The van der Waals surface area contributed by atoms with Crippen LogP contribution in [0.5, 0.6) is 0 Å². The summed E-state index contributed by atoms with van der Waals surface area (Å²) in [5.74, 6) is 0. The first-order valence-electron chi connectivity index (χ1n) is 4.04. The van der Waals surface area contributed by atoms with Gasteiger partial charge in [-0.3, -0.25) is 11.1 Å². The van der Waals surface area contributed by atoms with Crippen molar-refractivity contribution in [3.8, 4) is 0 Å². The van der Waals surface area contributed by atoms with E-state index in [1.165, 1.54) is 0 Å². The molecule has 71 valence electrons. The van der Waals surface area contributed by atoms with Crippen LogP contribution >= 0.6 is 0 Å². The number of nitrogens with zero attached hydrogens (tertiary/aromatic N) is 3. The van der Waals surface area contributed by atoms with E-state index in [9.17, 15) is 0 Å². The van der Waals surface area contributed by atoms with Crippen LogP contribution in [0.3, 0.4) is 0 Å². The molecule has 14 heavy (non-hydrogen) atoms. The molecule has 0 amide bonds. The van der Waals surface area contributed by atoms with Crippen LogP contribution in [0.15, 0.2) is 12.4 Å². The fourth-order valence-corrected chi connectivity index (χ4v) is 1.43. The van der Waals surface area contributed by atoms with E-state index >= 15 is 0 Å². The molecule has 0 spiro atoms. The van der Waals surface area contributed by atoms with Crippen LogP contribution in [0.25, 0.3) is 0 Å². The molecule has 1 aromatic rings. The minimum atomic E-state index is -0.439. The Balaban J connectivity index is 0.000000980. The van der Waals surface area contributed by atoms with E-state index in [1.807, 2.05) is 0 Å². The summed E-state index contributed by atoms with van der Waals surface area (Å²) >= 11 is 0. The Morgan fingerprint density at radius 1 is 1.64 bits per heavy atom. The van der Waals surface area contributed by atoms with Gasteiger partial charge >= 0.3 is 0 Å². The quantitative estimate of drug-likeness (QED) is 0.546. The maximum absolute atomic E-state index is 8.99. The molecule has 7 heteroatoms. The van der Waals surface area contributed by atoms with Crippen molar-refractivity contribution in [3.05, 3.63) is 18.8 Å². The molecule has 3 atom stereocenters. The first-order valence-corrected chi connectivity index (χ1v) is 4.04. The van der Waals surface area contributed by atoms with E-state index in [4.69, 9.17) is 17.7 Å². The minimum Gasteiger partial charge on any atom is -0.413 e. The van der Waals surface area contributed by atoms with Gasteiger partial charge in [0.2, 0.25) is 0 Å². The van der Waals surface area contributed by atoms with Gasteiger partial charge < -0.3 is 9.84 Å². The summed E-state index contributed by atoms with van der Waals surface area (Å²) in [4.78, 5) is 0. The van der Waals surface area contributed by atoms with Crippen LogP contribution in [-0.4, -0.2) is 46.7 Å². The summed E-state index contributed by atoms with van der Waals surface area (Å²) < 4.78 is 6.85. The normalized spacial score (nSPS) is 31.4. The van der Waals surface area contributed by atoms with Crippen LogP contribution in [-0.2, 0) is 37.4 Å². The van der Waals surface area contributed by atoms with Crippen molar-refractivity contribution < 1.29 is 42.6 Å². The fraction of sp³-hybridized carbons (Fsp3) is 0.571. The molecule has 0 aliphatic carbocycles. The average molecular weight is 267 g/mol. The number of hydrogen-bond donors (Lipinski definition) is 1. The molecule has 1 aliphatic rings. The Morgan fingerprint density at radius 3 is 3.00 bits per heavy atom. The van der Waals surface area contributed by atoms with Gasteiger partial charge in [-0.1, -0.05) is 11.2 Å².